The van der Waals surface area contributed by atoms with Crippen LogP contribution in [0.2, 0.25) is 0 Å². The molecule has 2 aromatic rings. The van der Waals surface area contributed by atoms with Gasteiger partial charge in [0.25, 0.3) is 0 Å². The molecule has 0 N–H and O–H groups in total. The molecule has 1 heterocycles. The second-order valence-corrected chi connectivity index (χ2v) is 3.93. The van der Waals surface area contributed by atoms with E-state index in [-0.39, 0.29) is 0 Å². The molecule has 92 valence electrons. The Morgan fingerprint density at radius 3 is 2.59 bits per heavy atom. The summed E-state index contributed by atoms with van der Waals surface area (Å²) in [6, 6.07) is 6.70. The Labute approximate surface area is 97.1 Å². The first kappa shape index (κ1) is 12.0. The van der Waals surface area contributed by atoms with E-state index >= 15 is 0 Å². The van der Waals surface area contributed by atoms with Crippen LogP contribution in [0, 0.1) is 0 Å². The number of alkyl halides is 3. The average molecular weight is 242 g/mol. The minimum Gasteiger partial charge on any atom is -0.320 e. The van der Waals surface area contributed by atoms with E-state index in [1.165, 1.54) is 4.57 Å². The molecule has 0 aliphatic rings. The molecule has 1 aromatic heterocycles. The Hall–Kier alpha value is -1.52. The van der Waals surface area contributed by atoms with Gasteiger partial charge < -0.3 is 4.57 Å². The van der Waals surface area contributed by atoms with Crippen molar-refractivity contribution in [1.82, 2.24) is 9.55 Å². The molecule has 0 unspecified atom stereocenters. The molecule has 2 rings (SSSR count). The zero-order valence-electron chi connectivity index (χ0n) is 9.46. The van der Waals surface area contributed by atoms with Gasteiger partial charge in [0.1, 0.15) is 0 Å². The molecule has 0 spiro atoms. The average Bonchev–Trinajstić information content (AvgIpc) is 2.65. The summed E-state index contributed by atoms with van der Waals surface area (Å²) >= 11 is 0. The van der Waals surface area contributed by atoms with Gasteiger partial charge in [0.15, 0.2) is 0 Å². The monoisotopic (exact) mass is 242 g/mol. The molecule has 0 saturated carbocycles. The molecule has 0 atom stereocenters. The van der Waals surface area contributed by atoms with Crippen molar-refractivity contribution in [3.63, 3.8) is 0 Å². The molecule has 0 bridgehead atoms. The summed E-state index contributed by atoms with van der Waals surface area (Å²) < 4.78 is 39.8. The van der Waals surface area contributed by atoms with Crippen molar-refractivity contribution in [1.29, 1.82) is 0 Å². The molecule has 0 amide bonds. The molecule has 17 heavy (non-hydrogen) atoms. The van der Waals surface area contributed by atoms with Crippen molar-refractivity contribution in [3.05, 3.63) is 30.1 Å². The maximum atomic E-state index is 12.8. The molecular weight excluding hydrogens is 229 g/mol. The molecule has 0 radical (unpaired) electrons. The van der Waals surface area contributed by atoms with E-state index in [4.69, 9.17) is 0 Å². The van der Waals surface area contributed by atoms with Crippen LogP contribution in [0.4, 0.5) is 13.2 Å². The van der Waals surface area contributed by atoms with Crippen LogP contribution in [0.3, 0.4) is 0 Å². The third-order valence-electron chi connectivity index (χ3n) is 2.64. The number of aromatic nitrogens is 2. The van der Waals surface area contributed by atoms with Gasteiger partial charge in [-0.1, -0.05) is 25.5 Å². The molecule has 0 aliphatic heterocycles. The Bertz CT molecular complexity index is 514. The van der Waals surface area contributed by atoms with E-state index in [9.17, 15) is 13.2 Å². The lowest BCUT2D eigenvalue weighted by atomic mass is 10.3. The summed E-state index contributed by atoms with van der Waals surface area (Å²) in [5.41, 5.74) is 0.948. The first-order chi connectivity index (χ1) is 8.04. The number of nitrogens with zero attached hydrogens (tertiary/aromatic N) is 2. The van der Waals surface area contributed by atoms with E-state index in [0.717, 1.165) is 6.42 Å². The molecule has 0 aliphatic carbocycles. The number of benzene rings is 1. The van der Waals surface area contributed by atoms with Crippen LogP contribution in [0.1, 0.15) is 25.6 Å². The lowest BCUT2D eigenvalue weighted by Gasteiger charge is -2.10. The highest BCUT2D eigenvalue weighted by molar-refractivity contribution is 5.76. The van der Waals surface area contributed by atoms with Crippen molar-refractivity contribution < 1.29 is 13.2 Å². The number of hydrogen-bond acceptors (Lipinski definition) is 1. The van der Waals surface area contributed by atoms with Crippen LogP contribution in [-0.2, 0) is 12.7 Å². The fourth-order valence-electron chi connectivity index (χ4n) is 1.83. The topological polar surface area (TPSA) is 17.8 Å². The molecule has 0 fully saturated rings. The van der Waals surface area contributed by atoms with E-state index in [2.05, 4.69) is 4.98 Å². The number of hydrogen-bond donors (Lipinski definition) is 0. The Kier molecular flexibility index (Phi) is 3.09. The normalized spacial score (nSPS) is 12.2. The van der Waals surface area contributed by atoms with Gasteiger partial charge in [-0.25, -0.2) is 4.98 Å². The number of unbranched alkanes of at least 4 members (excludes halogenated alkanes) is 1. The fraction of sp³-hybridized carbons (Fsp3) is 0.417. The quantitative estimate of drug-likeness (QED) is 0.799. The van der Waals surface area contributed by atoms with Gasteiger partial charge >= 0.3 is 6.18 Å². The van der Waals surface area contributed by atoms with Gasteiger partial charge in [-0.2, -0.15) is 13.2 Å². The number of para-hydroxylation sites is 2. The van der Waals surface area contributed by atoms with Crippen molar-refractivity contribution in [2.75, 3.05) is 0 Å². The minimum absolute atomic E-state index is 0.353. The third-order valence-corrected chi connectivity index (χ3v) is 2.64. The highest BCUT2D eigenvalue weighted by Crippen LogP contribution is 2.31. The molecule has 2 nitrogen and oxygen atoms in total. The number of imidazole rings is 1. The fourth-order valence-corrected chi connectivity index (χ4v) is 1.83. The van der Waals surface area contributed by atoms with Crippen LogP contribution < -0.4 is 0 Å². The molecule has 5 heteroatoms. The number of aryl methyl sites for hydroxylation is 1. The Morgan fingerprint density at radius 2 is 1.94 bits per heavy atom. The van der Waals surface area contributed by atoms with E-state index in [1.807, 2.05) is 6.92 Å². The molecular formula is C12H13F3N2. The summed E-state index contributed by atoms with van der Waals surface area (Å²) in [6.45, 7) is 2.30. The Morgan fingerprint density at radius 1 is 1.24 bits per heavy atom. The standard InChI is InChI=1S/C12H13F3N2/c1-2-3-8-17-10-7-5-4-6-9(10)16-11(17)12(13,14)15/h4-7H,2-3,8H2,1H3. The van der Waals surface area contributed by atoms with Crippen molar-refractivity contribution in [2.45, 2.75) is 32.5 Å². The lowest BCUT2D eigenvalue weighted by Crippen LogP contribution is -2.15. The van der Waals surface area contributed by atoms with Crippen LogP contribution in [0.25, 0.3) is 11.0 Å². The largest absolute Gasteiger partial charge is 0.449 e. The maximum Gasteiger partial charge on any atom is 0.449 e. The zero-order chi connectivity index (χ0) is 12.5. The second kappa shape index (κ2) is 4.39. The van der Waals surface area contributed by atoms with Crippen LogP contribution >= 0.6 is 0 Å². The van der Waals surface area contributed by atoms with Crippen molar-refractivity contribution in [3.8, 4) is 0 Å². The van der Waals surface area contributed by atoms with Gasteiger partial charge in [0.2, 0.25) is 5.82 Å². The first-order valence-corrected chi connectivity index (χ1v) is 5.56. The smallest absolute Gasteiger partial charge is 0.320 e. The van der Waals surface area contributed by atoms with Crippen molar-refractivity contribution in [2.24, 2.45) is 0 Å². The minimum atomic E-state index is -4.40. The first-order valence-electron chi connectivity index (χ1n) is 5.56. The van der Waals surface area contributed by atoms with Crippen molar-refractivity contribution >= 4 is 11.0 Å². The van der Waals surface area contributed by atoms with Gasteiger partial charge in [-0.05, 0) is 18.6 Å². The third kappa shape index (κ3) is 2.28. The van der Waals surface area contributed by atoms with E-state index in [1.54, 1.807) is 24.3 Å². The van der Waals surface area contributed by atoms with Gasteiger partial charge in [-0.3, -0.25) is 0 Å². The van der Waals surface area contributed by atoms with Crippen LogP contribution in [0.15, 0.2) is 24.3 Å². The van der Waals surface area contributed by atoms with Crippen LogP contribution in [-0.4, -0.2) is 9.55 Å². The van der Waals surface area contributed by atoms with E-state index in [0.29, 0.717) is 24.0 Å². The highest BCUT2D eigenvalue weighted by atomic mass is 19.4. The van der Waals surface area contributed by atoms with Crippen LogP contribution in [0.5, 0.6) is 0 Å². The van der Waals surface area contributed by atoms with Gasteiger partial charge in [0, 0.05) is 6.54 Å². The number of rotatable bonds is 3. The predicted molar refractivity (Wildman–Crippen MR) is 59.6 cm³/mol. The predicted octanol–water partition coefficient (Wildman–Crippen LogP) is 3.86. The summed E-state index contributed by atoms with van der Waals surface area (Å²) in [6.07, 6.45) is -2.83. The van der Waals surface area contributed by atoms with Gasteiger partial charge in [0.05, 0.1) is 11.0 Å². The van der Waals surface area contributed by atoms with E-state index < -0.39 is 12.0 Å². The highest BCUT2D eigenvalue weighted by Gasteiger charge is 2.37. The number of halogens is 3. The summed E-state index contributed by atoms with van der Waals surface area (Å²) in [4.78, 5) is 3.67. The van der Waals surface area contributed by atoms with Gasteiger partial charge in [-0.15, -0.1) is 0 Å². The summed E-state index contributed by atoms with van der Waals surface area (Å²) in [5.74, 6) is -0.799. The molecule has 1 aromatic carbocycles. The lowest BCUT2D eigenvalue weighted by molar-refractivity contribution is -0.146. The maximum absolute atomic E-state index is 12.8. The zero-order valence-corrected chi connectivity index (χ0v) is 9.46. The summed E-state index contributed by atoms with van der Waals surface area (Å²) in [5, 5.41) is 0. The molecule has 0 saturated heterocycles. The summed E-state index contributed by atoms with van der Waals surface area (Å²) in [7, 11) is 0. The Balaban J connectivity index is 2.57. The second-order valence-electron chi connectivity index (χ2n) is 3.93. The number of fused-ring (bicyclic) bond motifs is 1. The SMILES string of the molecule is CCCCn1c(C(F)(F)F)nc2ccccc21.